The molecule has 2 aromatic heterocycles. The van der Waals surface area contributed by atoms with E-state index in [1.54, 1.807) is 24.3 Å². The lowest BCUT2D eigenvalue weighted by Crippen LogP contribution is -1.97. The van der Waals surface area contributed by atoms with Gasteiger partial charge >= 0.3 is 0 Å². The highest BCUT2D eigenvalue weighted by Gasteiger charge is 2.25. The minimum absolute atomic E-state index is 0.0333. The number of aromatic nitrogens is 2. The number of pyridine rings is 1. The van der Waals surface area contributed by atoms with Crippen LogP contribution in [0.1, 0.15) is 5.56 Å². The van der Waals surface area contributed by atoms with Crippen LogP contribution in [0.3, 0.4) is 0 Å². The molecule has 0 radical (unpaired) electrons. The number of fused-ring (bicyclic) bond motifs is 2. The van der Waals surface area contributed by atoms with Crippen LogP contribution in [-0.4, -0.2) is 19.8 Å². The maximum Gasteiger partial charge on any atom is 0.203 e. The molecule has 2 heterocycles. The topological polar surface area (TPSA) is 58.3 Å². The number of hydrogen-bond acceptors (Lipinski definition) is 3. The summed E-state index contributed by atoms with van der Waals surface area (Å²) in [6, 6.07) is 12.5. The molecular formula is C24H15F3N2O2. The van der Waals surface area contributed by atoms with Crippen molar-refractivity contribution >= 4 is 21.7 Å². The molecule has 0 aliphatic heterocycles. The maximum absolute atomic E-state index is 14.8. The van der Waals surface area contributed by atoms with Crippen LogP contribution in [0.4, 0.5) is 13.2 Å². The van der Waals surface area contributed by atoms with Gasteiger partial charge < -0.3 is 14.8 Å². The predicted octanol–water partition coefficient (Wildman–Crippen LogP) is 5.73. The number of phenolic OH excluding ortho intramolecular Hbond substituents is 1. The molecule has 0 spiro atoms. The van der Waals surface area contributed by atoms with Crippen LogP contribution in [0, 0.1) is 17.5 Å². The van der Waals surface area contributed by atoms with E-state index in [1.165, 1.54) is 35.2 Å². The van der Waals surface area contributed by atoms with E-state index in [9.17, 15) is 23.4 Å². The molecule has 0 bridgehead atoms. The van der Waals surface area contributed by atoms with Gasteiger partial charge in [0.25, 0.3) is 0 Å². The van der Waals surface area contributed by atoms with Crippen molar-refractivity contribution in [2.75, 3.05) is 0 Å². The highest BCUT2D eigenvalue weighted by molar-refractivity contribution is 6.17. The van der Waals surface area contributed by atoms with E-state index in [0.29, 0.717) is 10.9 Å². The minimum atomic E-state index is -0.775. The number of hydrogen-bond donors (Lipinski definition) is 2. The van der Waals surface area contributed by atoms with Gasteiger partial charge in [0, 0.05) is 28.7 Å². The Morgan fingerprint density at radius 1 is 0.806 bits per heavy atom. The molecule has 5 aromatic rings. The summed E-state index contributed by atoms with van der Waals surface area (Å²) in [6.45, 7) is 0.156. The first-order chi connectivity index (χ1) is 15.0. The van der Waals surface area contributed by atoms with Crippen LogP contribution in [0.25, 0.3) is 32.8 Å². The van der Waals surface area contributed by atoms with Gasteiger partial charge in [-0.15, -0.1) is 0 Å². The lowest BCUT2D eigenvalue weighted by atomic mass is 9.94. The summed E-state index contributed by atoms with van der Waals surface area (Å²) in [5.74, 6) is -2.52. The minimum Gasteiger partial charge on any atom is -0.505 e. The van der Waals surface area contributed by atoms with Crippen LogP contribution < -0.4 is 0 Å². The van der Waals surface area contributed by atoms with Crippen LogP contribution in [0.2, 0.25) is 0 Å². The van der Waals surface area contributed by atoms with E-state index in [-0.39, 0.29) is 45.6 Å². The van der Waals surface area contributed by atoms with Gasteiger partial charge in [-0.25, -0.2) is 13.2 Å². The second kappa shape index (κ2) is 7.05. The predicted molar refractivity (Wildman–Crippen MR) is 111 cm³/mol. The van der Waals surface area contributed by atoms with Crippen molar-refractivity contribution in [2.24, 2.45) is 0 Å². The van der Waals surface area contributed by atoms with Crippen molar-refractivity contribution in [3.8, 4) is 22.8 Å². The third-order valence-corrected chi connectivity index (χ3v) is 5.34. The quantitative estimate of drug-likeness (QED) is 0.392. The summed E-state index contributed by atoms with van der Waals surface area (Å²) >= 11 is 0. The lowest BCUT2D eigenvalue weighted by Gasteiger charge is -2.12. The zero-order chi connectivity index (χ0) is 21.7. The summed E-state index contributed by atoms with van der Waals surface area (Å²) in [5.41, 5.74) is 0.712. The first-order valence-electron chi connectivity index (χ1n) is 9.46. The number of benzene rings is 3. The van der Waals surface area contributed by atoms with Crippen molar-refractivity contribution < 1.29 is 23.4 Å². The van der Waals surface area contributed by atoms with Gasteiger partial charge in [0.05, 0.1) is 17.5 Å². The van der Waals surface area contributed by atoms with E-state index in [4.69, 9.17) is 0 Å². The molecule has 0 amide bonds. The van der Waals surface area contributed by atoms with Crippen molar-refractivity contribution in [2.45, 2.75) is 6.54 Å². The average molecular weight is 420 g/mol. The lowest BCUT2D eigenvalue weighted by molar-refractivity contribution is 0.425. The van der Waals surface area contributed by atoms with Gasteiger partial charge in [-0.05, 0) is 35.9 Å². The Morgan fingerprint density at radius 3 is 2.23 bits per heavy atom. The Labute approximate surface area is 174 Å². The van der Waals surface area contributed by atoms with Crippen LogP contribution >= 0.6 is 0 Å². The normalized spacial score (nSPS) is 11.5. The summed E-state index contributed by atoms with van der Waals surface area (Å²) in [4.78, 5) is 4.16. The molecular weight excluding hydrogens is 405 g/mol. The Balaban J connectivity index is 1.86. The number of phenols is 1. The third kappa shape index (κ3) is 2.97. The van der Waals surface area contributed by atoms with Crippen molar-refractivity contribution in [1.29, 1.82) is 0 Å². The number of aromatic hydroxyl groups is 2. The standard InChI is InChI=1S/C24H15F3N2O2/c25-14-8-6-13(7-9-14)11-29-12-16-19(21-17(26)4-1-5-18(21)27)15-3-2-10-28-22(15)23(30)20(16)24(29)31/h1-10,12,30-31H,11H2. The van der Waals surface area contributed by atoms with Crippen LogP contribution in [-0.2, 0) is 6.54 Å². The van der Waals surface area contributed by atoms with Gasteiger partial charge in [-0.3, -0.25) is 4.98 Å². The molecule has 3 aromatic carbocycles. The van der Waals surface area contributed by atoms with Gasteiger partial charge in [-0.2, -0.15) is 0 Å². The second-order valence-electron chi connectivity index (χ2n) is 7.22. The van der Waals surface area contributed by atoms with Gasteiger partial charge in [-0.1, -0.05) is 24.3 Å². The van der Waals surface area contributed by atoms with Gasteiger partial charge in [0.2, 0.25) is 5.88 Å². The zero-order valence-corrected chi connectivity index (χ0v) is 16.0. The molecule has 7 heteroatoms. The second-order valence-corrected chi connectivity index (χ2v) is 7.22. The summed E-state index contributed by atoms with van der Waals surface area (Å²) in [6.07, 6.45) is 2.96. The zero-order valence-electron chi connectivity index (χ0n) is 16.0. The molecule has 0 fully saturated rings. The van der Waals surface area contributed by atoms with Crippen LogP contribution in [0.5, 0.6) is 11.6 Å². The van der Waals surface area contributed by atoms with E-state index in [1.807, 2.05) is 0 Å². The molecule has 31 heavy (non-hydrogen) atoms. The number of halogens is 3. The molecule has 5 rings (SSSR count). The van der Waals surface area contributed by atoms with Crippen molar-refractivity contribution in [3.63, 3.8) is 0 Å². The summed E-state index contributed by atoms with van der Waals surface area (Å²) < 4.78 is 44.2. The molecule has 0 atom stereocenters. The summed E-state index contributed by atoms with van der Waals surface area (Å²) in [5, 5.41) is 22.4. The smallest absolute Gasteiger partial charge is 0.203 e. The van der Waals surface area contributed by atoms with Gasteiger partial charge in [0.15, 0.2) is 5.75 Å². The Kier molecular flexibility index (Phi) is 4.32. The molecule has 4 nitrogen and oxygen atoms in total. The first kappa shape index (κ1) is 19.0. The molecule has 154 valence electrons. The largest absolute Gasteiger partial charge is 0.505 e. The van der Waals surface area contributed by atoms with Gasteiger partial charge in [0.1, 0.15) is 23.0 Å². The van der Waals surface area contributed by atoms with E-state index >= 15 is 0 Å². The number of rotatable bonds is 3. The van der Waals surface area contributed by atoms with E-state index in [0.717, 1.165) is 12.1 Å². The highest BCUT2D eigenvalue weighted by atomic mass is 19.1. The molecule has 0 saturated heterocycles. The first-order valence-corrected chi connectivity index (χ1v) is 9.46. The van der Waals surface area contributed by atoms with Crippen molar-refractivity contribution in [1.82, 2.24) is 9.55 Å². The molecule has 0 unspecified atom stereocenters. The molecule has 0 aliphatic rings. The number of nitrogens with zero attached hydrogens (tertiary/aromatic N) is 2. The molecule has 0 aliphatic carbocycles. The van der Waals surface area contributed by atoms with E-state index in [2.05, 4.69) is 4.98 Å². The highest BCUT2D eigenvalue weighted by Crippen LogP contribution is 2.47. The SMILES string of the molecule is Oc1c2ncccc2c(-c2c(F)cccc2F)c2cn(Cc3ccc(F)cc3)c(O)c12. The monoisotopic (exact) mass is 420 g/mol. The van der Waals surface area contributed by atoms with Crippen LogP contribution in [0.15, 0.2) is 67.0 Å². The Bertz CT molecular complexity index is 1440. The molecule has 2 N–H and O–H groups in total. The Morgan fingerprint density at radius 2 is 1.52 bits per heavy atom. The Hall–Kier alpha value is -4.00. The third-order valence-electron chi connectivity index (χ3n) is 5.34. The summed E-state index contributed by atoms with van der Waals surface area (Å²) in [7, 11) is 0. The fourth-order valence-corrected chi connectivity index (χ4v) is 3.94. The van der Waals surface area contributed by atoms with E-state index < -0.39 is 17.5 Å². The fraction of sp³-hybridized carbons (Fsp3) is 0.0417. The maximum atomic E-state index is 14.8. The average Bonchev–Trinajstić information content (AvgIpc) is 3.08. The molecule has 0 saturated carbocycles. The van der Waals surface area contributed by atoms with Crippen molar-refractivity contribution in [3.05, 3.63) is 90.0 Å². The fourth-order valence-electron chi connectivity index (χ4n) is 3.94.